The lowest BCUT2D eigenvalue weighted by molar-refractivity contribution is 0.241. The van der Waals surface area contributed by atoms with Crippen molar-refractivity contribution in [2.45, 2.75) is 26.0 Å². The molecule has 158 valence electrons. The van der Waals surface area contributed by atoms with Crippen LogP contribution in [-0.4, -0.2) is 37.7 Å². The monoisotopic (exact) mass is 422 g/mol. The van der Waals surface area contributed by atoms with Crippen LogP contribution in [0.4, 0.5) is 0 Å². The first-order valence-corrected chi connectivity index (χ1v) is 11.6. The SMILES string of the molecule is CCOc1cc(C(c2cccs2)N2CCCNCC2)ccc1OCc1ccccc1. The van der Waals surface area contributed by atoms with Gasteiger partial charge in [-0.15, -0.1) is 11.3 Å². The van der Waals surface area contributed by atoms with Crippen LogP contribution in [0.3, 0.4) is 0 Å². The average molecular weight is 423 g/mol. The first-order valence-electron chi connectivity index (χ1n) is 10.8. The summed E-state index contributed by atoms with van der Waals surface area (Å²) < 4.78 is 12.1. The van der Waals surface area contributed by atoms with Gasteiger partial charge in [0.05, 0.1) is 12.6 Å². The van der Waals surface area contributed by atoms with Gasteiger partial charge >= 0.3 is 0 Å². The lowest BCUT2D eigenvalue weighted by atomic mass is 10.0. The van der Waals surface area contributed by atoms with Crippen molar-refractivity contribution < 1.29 is 9.47 Å². The first-order chi connectivity index (χ1) is 14.8. The second-order valence-electron chi connectivity index (χ2n) is 7.47. The van der Waals surface area contributed by atoms with Crippen LogP contribution in [-0.2, 0) is 6.61 Å². The molecule has 2 aromatic carbocycles. The molecule has 1 aliphatic heterocycles. The predicted molar refractivity (Wildman–Crippen MR) is 124 cm³/mol. The number of nitrogens with zero attached hydrogens (tertiary/aromatic N) is 1. The molecule has 1 fully saturated rings. The number of hydrogen-bond donors (Lipinski definition) is 1. The largest absolute Gasteiger partial charge is 0.490 e. The molecule has 0 radical (unpaired) electrons. The Bertz CT molecular complexity index is 891. The Balaban J connectivity index is 1.61. The van der Waals surface area contributed by atoms with E-state index in [9.17, 15) is 0 Å². The van der Waals surface area contributed by atoms with Gasteiger partial charge in [0.2, 0.25) is 0 Å². The number of ether oxygens (including phenoxy) is 2. The minimum Gasteiger partial charge on any atom is -0.490 e. The molecule has 2 heterocycles. The summed E-state index contributed by atoms with van der Waals surface area (Å²) in [6, 6.07) is 21.3. The fourth-order valence-corrected chi connectivity index (χ4v) is 4.83. The van der Waals surface area contributed by atoms with Crippen LogP contribution in [0, 0.1) is 0 Å². The van der Waals surface area contributed by atoms with Crippen LogP contribution >= 0.6 is 11.3 Å². The molecule has 5 heteroatoms. The lowest BCUT2D eigenvalue weighted by Crippen LogP contribution is -2.32. The van der Waals surface area contributed by atoms with Gasteiger partial charge in [0, 0.05) is 24.5 Å². The third-order valence-electron chi connectivity index (χ3n) is 5.37. The van der Waals surface area contributed by atoms with Crippen molar-refractivity contribution in [3.05, 3.63) is 82.0 Å². The summed E-state index contributed by atoms with van der Waals surface area (Å²) in [7, 11) is 0. The van der Waals surface area contributed by atoms with Crippen molar-refractivity contribution in [3.8, 4) is 11.5 Å². The van der Waals surface area contributed by atoms with E-state index in [1.807, 2.05) is 36.5 Å². The van der Waals surface area contributed by atoms with E-state index in [2.05, 4.69) is 58.1 Å². The van der Waals surface area contributed by atoms with E-state index < -0.39 is 0 Å². The van der Waals surface area contributed by atoms with Gasteiger partial charge in [-0.2, -0.15) is 0 Å². The molecule has 4 rings (SSSR count). The molecule has 0 bridgehead atoms. The molecule has 3 aromatic rings. The van der Waals surface area contributed by atoms with Gasteiger partial charge in [0.1, 0.15) is 6.61 Å². The molecule has 0 amide bonds. The highest BCUT2D eigenvalue weighted by Crippen LogP contribution is 2.37. The van der Waals surface area contributed by atoms with Gasteiger partial charge in [0.25, 0.3) is 0 Å². The van der Waals surface area contributed by atoms with E-state index in [4.69, 9.17) is 9.47 Å². The Kier molecular flexibility index (Phi) is 7.40. The van der Waals surface area contributed by atoms with Crippen molar-refractivity contribution in [1.82, 2.24) is 10.2 Å². The molecular formula is C25H30N2O2S. The summed E-state index contributed by atoms with van der Waals surface area (Å²) in [5.41, 5.74) is 2.41. The van der Waals surface area contributed by atoms with Gasteiger partial charge in [0.15, 0.2) is 11.5 Å². The maximum Gasteiger partial charge on any atom is 0.161 e. The second-order valence-corrected chi connectivity index (χ2v) is 8.45. The van der Waals surface area contributed by atoms with Gasteiger partial charge in [-0.3, -0.25) is 4.90 Å². The Morgan fingerprint density at radius 3 is 2.67 bits per heavy atom. The molecule has 0 aliphatic carbocycles. The third-order valence-corrected chi connectivity index (χ3v) is 6.30. The molecule has 1 unspecified atom stereocenters. The van der Waals surface area contributed by atoms with Crippen molar-refractivity contribution in [1.29, 1.82) is 0 Å². The lowest BCUT2D eigenvalue weighted by Gasteiger charge is -2.30. The summed E-state index contributed by atoms with van der Waals surface area (Å²) in [5, 5.41) is 5.68. The number of hydrogen-bond acceptors (Lipinski definition) is 5. The summed E-state index contributed by atoms with van der Waals surface area (Å²) >= 11 is 1.82. The third kappa shape index (κ3) is 5.22. The number of rotatable bonds is 8. The van der Waals surface area contributed by atoms with E-state index in [0.717, 1.165) is 43.2 Å². The zero-order chi connectivity index (χ0) is 20.6. The van der Waals surface area contributed by atoms with Gasteiger partial charge < -0.3 is 14.8 Å². The highest BCUT2D eigenvalue weighted by molar-refractivity contribution is 7.10. The van der Waals surface area contributed by atoms with Gasteiger partial charge in [-0.05, 0) is 54.6 Å². The number of thiophene rings is 1. The van der Waals surface area contributed by atoms with Crippen LogP contribution in [0.25, 0.3) is 0 Å². The Morgan fingerprint density at radius 2 is 1.87 bits per heavy atom. The molecule has 1 aliphatic rings. The summed E-state index contributed by atoms with van der Waals surface area (Å²) in [4.78, 5) is 3.96. The number of nitrogens with one attached hydrogen (secondary N) is 1. The van der Waals surface area contributed by atoms with Crippen molar-refractivity contribution in [2.24, 2.45) is 0 Å². The standard InChI is InChI=1S/C25H30N2O2S/c1-2-28-23-18-21(11-12-22(23)29-19-20-8-4-3-5-9-20)25(24-10-6-17-30-24)27-15-7-13-26-14-16-27/h3-6,8-12,17-18,25-26H,2,7,13-16,19H2,1H3. The molecule has 1 N–H and O–H groups in total. The van der Waals surface area contributed by atoms with Crippen LogP contribution in [0.5, 0.6) is 11.5 Å². The van der Waals surface area contributed by atoms with Crippen LogP contribution < -0.4 is 14.8 Å². The highest BCUT2D eigenvalue weighted by atomic mass is 32.1. The average Bonchev–Trinajstić information content (AvgIpc) is 3.17. The number of benzene rings is 2. The fraction of sp³-hybridized carbons (Fsp3) is 0.360. The molecular weight excluding hydrogens is 392 g/mol. The molecule has 1 atom stereocenters. The molecule has 0 spiro atoms. The van der Waals surface area contributed by atoms with E-state index in [-0.39, 0.29) is 6.04 Å². The summed E-state index contributed by atoms with van der Waals surface area (Å²) in [5.74, 6) is 1.62. The molecule has 1 aromatic heterocycles. The maximum atomic E-state index is 6.12. The molecule has 30 heavy (non-hydrogen) atoms. The van der Waals surface area contributed by atoms with E-state index in [1.165, 1.54) is 16.9 Å². The van der Waals surface area contributed by atoms with Crippen molar-refractivity contribution >= 4 is 11.3 Å². The second kappa shape index (κ2) is 10.6. The quantitative estimate of drug-likeness (QED) is 0.547. The van der Waals surface area contributed by atoms with E-state index in [1.54, 1.807) is 0 Å². The Morgan fingerprint density at radius 1 is 0.967 bits per heavy atom. The van der Waals surface area contributed by atoms with Crippen LogP contribution in [0.2, 0.25) is 0 Å². The van der Waals surface area contributed by atoms with Crippen LogP contribution in [0.1, 0.15) is 35.4 Å². The topological polar surface area (TPSA) is 33.7 Å². The smallest absolute Gasteiger partial charge is 0.161 e. The van der Waals surface area contributed by atoms with E-state index in [0.29, 0.717) is 13.2 Å². The van der Waals surface area contributed by atoms with Gasteiger partial charge in [-0.1, -0.05) is 42.5 Å². The first kappa shape index (κ1) is 20.9. The summed E-state index contributed by atoms with van der Waals surface area (Å²) in [6.45, 7) is 7.41. The van der Waals surface area contributed by atoms with Gasteiger partial charge in [-0.25, -0.2) is 0 Å². The zero-order valence-electron chi connectivity index (χ0n) is 17.5. The molecule has 4 nitrogen and oxygen atoms in total. The maximum absolute atomic E-state index is 6.12. The minimum absolute atomic E-state index is 0.243. The molecule has 0 saturated carbocycles. The predicted octanol–water partition coefficient (Wildman–Crippen LogP) is 5.11. The van der Waals surface area contributed by atoms with Crippen molar-refractivity contribution in [2.75, 3.05) is 32.8 Å². The molecule has 1 saturated heterocycles. The van der Waals surface area contributed by atoms with E-state index >= 15 is 0 Å². The van der Waals surface area contributed by atoms with Crippen molar-refractivity contribution in [3.63, 3.8) is 0 Å². The minimum atomic E-state index is 0.243. The zero-order valence-corrected chi connectivity index (χ0v) is 18.4. The summed E-state index contributed by atoms with van der Waals surface area (Å²) in [6.07, 6.45) is 1.17. The van der Waals surface area contributed by atoms with Crippen LogP contribution in [0.15, 0.2) is 66.0 Å². The Hall–Kier alpha value is -2.34. The fourth-order valence-electron chi connectivity index (χ4n) is 3.94. The normalized spacial score (nSPS) is 16.0. The highest BCUT2D eigenvalue weighted by Gasteiger charge is 2.25. The Labute approximate surface area is 183 Å².